The Balaban J connectivity index is 1.56. The third-order valence-electron chi connectivity index (χ3n) is 3.34. The molecule has 0 radical (unpaired) electrons. The van der Waals surface area contributed by atoms with Gasteiger partial charge in [0, 0.05) is 43.8 Å². The second kappa shape index (κ2) is 6.27. The van der Waals surface area contributed by atoms with Gasteiger partial charge in [-0.2, -0.15) is 0 Å². The molecule has 1 aliphatic heterocycles. The second-order valence-electron chi connectivity index (χ2n) is 4.85. The molecule has 104 valence electrons. The lowest BCUT2D eigenvalue weighted by atomic mass is 9.99. The summed E-state index contributed by atoms with van der Waals surface area (Å²) in [4.78, 5) is 19.0. The fourth-order valence-corrected chi connectivity index (χ4v) is 2.39. The minimum atomic E-state index is 0.445. The first-order valence-corrected chi connectivity index (χ1v) is 6.83. The Bertz CT molecular complexity index is 522. The zero-order valence-electron chi connectivity index (χ0n) is 11.2. The summed E-state index contributed by atoms with van der Waals surface area (Å²) in [6, 6.07) is 4.06. The van der Waals surface area contributed by atoms with E-state index in [1.54, 1.807) is 30.9 Å². The summed E-state index contributed by atoms with van der Waals surface area (Å²) >= 11 is 0. The molecular formula is C14H17N5O. The highest BCUT2D eigenvalue weighted by Crippen LogP contribution is 2.20. The highest BCUT2D eigenvalue weighted by atomic mass is 16.5. The van der Waals surface area contributed by atoms with Gasteiger partial charge in [0.15, 0.2) is 0 Å². The number of nitrogens with zero attached hydrogens (tertiary/aromatic N) is 5. The van der Waals surface area contributed by atoms with Crippen molar-refractivity contribution in [2.24, 2.45) is 5.92 Å². The van der Waals surface area contributed by atoms with Gasteiger partial charge in [0.1, 0.15) is 0 Å². The number of aromatic nitrogens is 4. The third kappa shape index (κ3) is 3.20. The van der Waals surface area contributed by atoms with Crippen molar-refractivity contribution in [2.75, 3.05) is 24.6 Å². The van der Waals surface area contributed by atoms with E-state index in [2.05, 4.69) is 24.8 Å². The first-order chi connectivity index (χ1) is 9.92. The number of hydrogen-bond donors (Lipinski definition) is 0. The maximum Gasteiger partial charge on any atom is 0.316 e. The van der Waals surface area contributed by atoms with Gasteiger partial charge in [0.25, 0.3) is 0 Å². The highest BCUT2D eigenvalue weighted by molar-refractivity contribution is 5.29. The van der Waals surface area contributed by atoms with Crippen LogP contribution in [0.3, 0.4) is 0 Å². The molecule has 0 aromatic carbocycles. The van der Waals surface area contributed by atoms with Crippen molar-refractivity contribution < 1.29 is 4.74 Å². The molecule has 1 unspecified atom stereocenters. The minimum absolute atomic E-state index is 0.445. The number of anilines is 1. The van der Waals surface area contributed by atoms with Gasteiger partial charge in [0.2, 0.25) is 5.95 Å². The fraction of sp³-hybridized carbons (Fsp3) is 0.429. The molecule has 6 nitrogen and oxygen atoms in total. The van der Waals surface area contributed by atoms with E-state index in [-0.39, 0.29) is 0 Å². The summed E-state index contributed by atoms with van der Waals surface area (Å²) in [5.74, 6) is 1.25. The molecule has 0 amide bonds. The van der Waals surface area contributed by atoms with Crippen LogP contribution in [0.5, 0.6) is 6.01 Å². The SMILES string of the molecule is c1cnc(OCC2CCCN(c3ncccn3)C2)nc1. The Morgan fingerprint density at radius 2 is 1.75 bits per heavy atom. The highest BCUT2D eigenvalue weighted by Gasteiger charge is 2.22. The lowest BCUT2D eigenvalue weighted by Crippen LogP contribution is -2.38. The van der Waals surface area contributed by atoms with Crippen LogP contribution in [0.25, 0.3) is 0 Å². The van der Waals surface area contributed by atoms with Crippen LogP contribution in [0.1, 0.15) is 12.8 Å². The Morgan fingerprint density at radius 1 is 1.05 bits per heavy atom. The number of piperidine rings is 1. The lowest BCUT2D eigenvalue weighted by molar-refractivity contribution is 0.213. The smallest absolute Gasteiger partial charge is 0.316 e. The molecule has 20 heavy (non-hydrogen) atoms. The second-order valence-corrected chi connectivity index (χ2v) is 4.85. The molecule has 2 aromatic heterocycles. The Morgan fingerprint density at radius 3 is 2.50 bits per heavy atom. The maximum absolute atomic E-state index is 5.64. The van der Waals surface area contributed by atoms with Gasteiger partial charge in [0.05, 0.1) is 6.61 Å². The molecule has 0 spiro atoms. The van der Waals surface area contributed by atoms with Crippen molar-refractivity contribution in [3.05, 3.63) is 36.9 Å². The molecule has 6 heteroatoms. The number of hydrogen-bond acceptors (Lipinski definition) is 6. The van der Waals surface area contributed by atoms with E-state index in [1.165, 1.54) is 0 Å². The van der Waals surface area contributed by atoms with Gasteiger partial charge in [-0.05, 0) is 25.0 Å². The van der Waals surface area contributed by atoms with Crippen molar-refractivity contribution in [1.82, 2.24) is 19.9 Å². The summed E-state index contributed by atoms with van der Waals surface area (Å²) in [6.45, 7) is 2.55. The van der Waals surface area contributed by atoms with Gasteiger partial charge in [-0.25, -0.2) is 19.9 Å². The lowest BCUT2D eigenvalue weighted by Gasteiger charge is -2.32. The molecule has 1 saturated heterocycles. The van der Waals surface area contributed by atoms with Gasteiger partial charge in [-0.3, -0.25) is 0 Å². The standard InChI is InChI=1S/C14H17N5O/c1-4-12(11-20-14-17-7-3-8-18-14)10-19(9-1)13-15-5-2-6-16-13/h2-3,5-8,12H,1,4,9-11H2. The predicted molar refractivity (Wildman–Crippen MR) is 74.5 cm³/mol. The van der Waals surface area contributed by atoms with Crippen molar-refractivity contribution >= 4 is 5.95 Å². The van der Waals surface area contributed by atoms with Crippen LogP contribution in [0.4, 0.5) is 5.95 Å². The van der Waals surface area contributed by atoms with E-state index >= 15 is 0 Å². The quantitative estimate of drug-likeness (QED) is 0.841. The van der Waals surface area contributed by atoms with E-state index in [0.29, 0.717) is 18.5 Å². The van der Waals surface area contributed by atoms with E-state index in [1.807, 2.05) is 6.07 Å². The molecule has 3 rings (SSSR count). The zero-order valence-corrected chi connectivity index (χ0v) is 11.2. The maximum atomic E-state index is 5.64. The predicted octanol–water partition coefficient (Wildman–Crippen LogP) is 1.56. The van der Waals surface area contributed by atoms with Gasteiger partial charge in [-0.1, -0.05) is 0 Å². The van der Waals surface area contributed by atoms with Crippen molar-refractivity contribution in [1.29, 1.82) is 0 Å². The summed E-state index contributed by atoms with van der Waals surface area (Å²) in [7, 11) is 0. The van der Waals surface area contributed by atoms with Crippen LogP contribution < -0.4 is 9.64 Å². The average molecular weight is 271 g/mol. The van der Waals surface area contributed by atoms with Crippen LogP contribution in [0.2, 0.25) is 0 Å². The number of rotatable bonds is 4. The van der Waals surface area contributed by atoms with Crippen LogP contribution in [0, 0.1) is 5.92 Å². The molecule has 1 fully saturated rings. The largest absolute Gasteiger partial charge is 0.463 e. The van der Waals surface area contributed by atoms with E-state index in [4.69, 9.17) is 4.74 Å². The van der Waals surface area contributed by atoms with Gasteiger partial charge < -0.3 is 9.64 Å². The molecule has 1 atom stereocenters. The molecule has 3 heterocycles. The summed E-state index contributed by atoms with van der Waals surface area (Å²) < 4.78 is 5.64. The molecule has 0 N–H and O–H groups in total. The van der Waals surface area contributed by atoms with Crippen LogP contribution >= 0.6 is 0 Å². The molecule has 0 saturated carbocycles. The number of ether oxygens (including phenoxy) is 1. The van der Waals surface area contributed by atoms with Crippen LogP contribution in [0.15, 0.2) is 36.9 Å². The Labute approximate surface area is 117 Å². The third-order valence-corrected chi connectivity index (χ3v) is 3.34. The Kier molecular flexibility index (Phi) is 4.01. The monoisotopic (exact) mass is 271 g/mol. The Hall–Kier alpha value is -2.24. The van der Waals surface area contributed by atoms with Crippen LogP contribution in [-0.4, -0.2) is 39.6 Å². The van der Waals surface area contributed by atoms with Crippen LogP contribution in [-0.2, 0) is 0 Å². The molecule has 0 bridgehead atoms. The zero-order chi connectivity index (χ0) is 13.6. The van der Waals surface area contributed by atoms with Crippen molar-refractivity contribution in [2.45, 2.75) is 12.8 Å². The van der Waals surface area contributed by atoms with E-state index in [0.717, 1.165) is 31.9 Å². The van der Waals surface area contributed by atoms with Crippen molar-refractivity contribution in [3.8, 4) is 6.01 Å². The summed E-state index contributed by atoms with van der Waals surface area (Å²) in [6.07, 6.45) is 9.21. The molecule has 2 aromatic rings. The van der Waals surface area contributed by atoms with Gasteiger partial charge >= 0.3 is 6.01 Å². The first kappa shape index (κ1) is 12.8. The first-order valence-electron chi connectivity index (χ1n) is 6.83. The van der Waals surface area contributed by atoms with E-state index < -0.39 is 0 Å². The van der Waals surface area contributed by atoms with E-state index in [9.17, 15) is 0 Å². The molecule has 1 aliphatic rings. The average Bonchev–Trinajstić information content (AvgIpc) is 2.55. The molecule has 0 aliphatic carbocycles. The van der Waals surface area contributed by atoms with Gasteiger partial charge in [-0.15, -0.1) is 0 Å². The summed E-state index contributed by atoms with van der Waals surface area (Å²) in [5.41, 5.74) is 0. The summed E-state index contributed by atoms with van der Waals surface area (Å²) in [5, 5.41) is 0. The topological polar surface area (TPSA) is 64.0 Å². The molecular weight excluding hydrogens is 254 g/mol. The normalized spacial score (nSPS) is 18.8. The van der Waals surface area contributed by atoms with Crippen molar-refractivity contribution in [3.63, 3.8) is 0 Å². The minimum Gasteiger partial charge on any atom is -0.463 e. The fourth-order valence-electron chi connectivity index (χ4n) is 2.39.